The van der Waals surface area contributed by atoms with E-state index in [1.807, 2.05) is 23.1 Å². The van der Waals surface area contributed by atoms with Crippen molar-refractivity contribution in [1.29, 1.82) is 0 Å². The Morgan fingerprint density at radius 1 is 1.21 bits per heavy atom. The lowest BCUT2D eigenvalue weighted by Crippen LogP contribution is -2.50. The van der Waals surface area contributed by atoms with Gasteiger partial charge in [0.1, 0.15) is 5.01 Å². The molecule has 0 aliphatic carbocycles. The van der Waals surface area contributed by atoms with Crippen molar-refractivity contribution in [3.8, 4) is 10.6 Å². The van der Waals surface area contributed by atoms with Crippen LogP contribution >= 0.6 is 23.7 Å². The molecule has 5 nitrogen and oxygen atoms in total. The lowest BCUT2D eigenvalue weighted by molar-refractivity contribution is -0.131. The highest BCUT2D eigenvalue weighted by Crippen LogP contribution is 2.24. The van der Waals surface area contributed by atoms with Crippen LogP contribution in [0.5, 0.6) is 0 Å². The number of carbonyl (C=O) groups is 1. The average Bonchev–Trinajstić information content (AvgIpc) is 3.05. The first kappa shape index (κ1) is 18.9. The first-order chi connectivity index (χ1) is 11.3. The normalized spacial score (nSPS) is 15.1. The minimum atomic E-state index is 0. The SMILES string of the molecule is CNCC(=O)N1CCN(Cc2csc(-c3ccccc3)n2)CC1.Cl. The Labute approximate surface area is 153 Å². The molecule has 1 aliphatic rings. The molecular weight excluding hydrogens is 344 g/mol. The monoisotopic (exact) mass is 366 g/mol. The van der Waals surface area contributed by atoms with Crippen LogP contribution in [0.25, 0.3) is 10.6 Å². The molecule has 3 rings (SSSR count). The Bertz CT molecular complexity index is 641. The number of hydrogen-bond acceptors (Lipinski definition) is 5. The number of amides is 1. The third-order valence-electron chi connectivity index (χ3n) is 4.01. The molecular formula is C17H23ClN4OS. The average molecular weight is 367 g/mol. The van der Waals surface area contributed by atoms with Crippen molar-refractivity contribution in [2.24, 2.45) is 0 Å². The molecule has 0 spiro atoms. The number of nitrogens with one attached hydrogen (secondary N) is 1. The molecule has 1 aromatic heterocycles. The molecule has 0 saturated carbocycles. The number of halogens is 1. The molecule has 1 amide bonds. The second-order valence-corrected chi connectivity index (χ2v) is 6.56. The molecule has 1 N–H and O–H groups in total. The first-order valence-electron chi connectivity index (χ1n) is 7.91. The Morgan fingerprint density at radius 3 is 2.58 bits per heavy atom. The maximum Gasteiger partial charge on any atom is 0.236 e. The zero-order valence-corrected chi connectivity index (χ0v) is 15.4. The van der Waals surface area contributed by atoms with Crippen molar-refractivity contribution < 1.29 is 4.79 Å². The van der Waals surface area contributed by atoms with Crippen molar-refractivity contribution in [3.63, 3.8) is 0 Å². The number of carbonyl (C=O) groups excluding carboxylic acids is 1. The van der Waals surface area contributed by atoms with E-state index in [1.54, 1.807) is 18.4 Å². The van der Waals surface area contributed by atoms with Gasteiger partial charge in [-0.15, -0.1) is 23.7 Å². The molecule has 2 heterocycles. The minimum Gasteiger partial charge on any atom is -0.339 e. The fourth-order valence-corrected chi connectivity index (χ4v) is 3.56. The summed E-state index contributed by atoms with van der Waals surface area (Å²) in [7, 11) is 1.81. The van der Waals surface area contributed by atoms with E-state index in [2.05, 4.69) is 27.7 Å². The van der Waals surface area contributed by atoms with Crippen LogP contribution in [0.3, 0.4) is 0 Å². The lowest BCUT2D eigenvalue weighted by Gasteiger charge is -2.34. The lowest BCUT2D eigenvalue weighted by atomic mass is 10.2. The van der Waals surface area contributed by atoms with Crippen LogP contribution in [-0.2, 0) is 11.3 Å². The van der Waals surface area contributed by atoms with Crippen molar-refractivity contribution in [2.75, 3.05) is 39.8 Å². The molecule has 7 heteroatoms. The second-order valence-electron chi connectivity index (χ2n) is 5.70. The van der Waals surface area contributed by atoms with Gasteiger partial charge in [0.25, 0.3) is 0 Å². The third-order valence-corrected chi connectivity index (χ3v) is 4.95. The molecule has 1 saturated heterocycles. The summed E-state index contributed by atoms with van der Waals surface area (Å²) < 4.78 is 0. The summed E-state index contributed by atoms with van der Waals surface area (Å²) in [4.78, 5) is 20.9. The number of thiazole rings is 1. The van der Waals surface area contributed by atoms with E-state index in [9.17, 15) is 4.79 Å². The van der Waals surface area contributed by atoms with Crippen molar-refractivity contribution in [3.05, 3.63) is 41.4 Å². The number of rotatable bonds is 5. The summed E-state index contributed by atoms with van der Waals surface area (Å²) >= 11 is 1.69. The van der Waals surface area contributed by atoms with E-state index >= 15 is 0 Å². The minimum absolute atomic E-state index is 0. The van der Waals surface area contributed by atoms with Crippen molar-refractivity contribution >= 4 is 29.7 Å². The molecule has 0 radical (unpaired) electrons. The quantitative estimate of drug-likeness (QED) is 0.880. The maximum absolute atomic E-state index is 11.9. The fourth-order valence-electron chi connectivity index (χ4n) is 2.74. The summed E-state index contributed by atoms with van der Waals surface area (Å²) in [5, 5.41) is 6.13. The van der Waals surface area contributed by atoms with Crippen LogP contribution in [-0.4, -0.2) is 60.5 Å². The van der Waals surface area contributed by atoms with Crippen LogP contribution in [0.1, 0.15) is 5.69 Å². The highest BCUT2D eigenvalue weighted by molar-refractivity contribution is 7.13. The van der Waals surface area contributed by atoms with Gasteiger partial charge >= 0.3 is 0 Å². The Balaban J connectivity index is 0.00000208. The van der Waals surface area contributed by atoms with E-state index < -0.39 is 0 Å². The number of benzene rings is 1. The number of hydrogen-bond donors (Lipinski definition) is 1. The van der Waals surface area contributed by atoms with Gasteiger partial charge in [0.2, 0.25) is 5.91 Å². The van der Waals surface area contributed by atoms with Crippen LogP contribution < -0.4 is 5.32 Å². The second kappa shape index (κ2) is 9.13. The summed E-state index contributed by atoms with van der Waals surface area (Å²) in [6.07, 6.45) is 0. The zero-order valence-electron chi connectivity index (χ0n) is 13.8. The highest BCUT2D eigenvalue weighted by Gasteiger charge is 2.21. The topological polar surface area (TPSA) is 48.5 Å². The molecule has 1 fully saturated rings. The first-order valence-corrected chi connectivity index (χ1v) is 8.79. The Morgan fingerprint density at radius 2 is 1.92 bits per heavy atom. The zero-order chi connectivity index (χ0) is 16.1. The summed E-state index contributed by atoms with van der Waals surface area (Å²) in [6, 6.07) is 10.3. The van der Waals surface area contributed by atoms with E-state index in [4.69, 9.17) is 4.98 Å². The highest BCUT2D eigenvalue weighted by atomic mass is 35.5. The largest absolute Gasteiger partial charge is 0.339 e. The van der Waals surface area contributed by atoms with Gasteiger partial charge in [-0.25, -0.2) is 4.98 Å². The van der Waals surface area contributed by atoms with Gasteiger partial charge in [-0.1, -0.05) is 30.3 Å². The summed E-state index contributed by atoms with van der Waals surface area (Å²) in [6.45, 7) is 4.71. The van der Waals surface area contributed by atoms with E-state index in [1.165, 1.54) is 5.56 Å². The Hall–Kier alpha value is -1.47. The molecule has 1 aliphatic heterocycles. The molecule has 24 heavy (non-hydrogen) atoms. The molecule has 0 bridgehead atoms. The smallest absolute Gasteiger partial charge is 0.236 e. The predicted octanol–water partition coefficient (Wildman–Crippen LogP) is 2.10. The number of likely N-dealkylation sites (N-methyl/N-ethyl adjacent to an activating group) is 1. The number of nitrogens with zero attached hydrogens (tertiary/aromatic N) is 3. The molecule has 1 aromatic carbocycles. The van der Waals surface area contributed by atoms with E-state index in [0.29, 0.717) is 6.54 Å². The van der Waals surface area contributed by atoms with Gasteiger partial charge in [-0.2, -0.15) is 0 Å². The van der Waals surface area contributed by atoms with Gasteiger partial charge in [-0.3, -0.25) is 9.69 Å². The van der Waals surface area contributed by atoms with E-state index in [-0.39, 0.29) is 18.3 Å². The number of aromatic nitrogens is 1. The van der Waals surface area contributed by atoms with Crippen molar-refractivity contribution in [1.82, 2.24) is 20.1 Å². The fraction of sp³-hybridized carbons (Fsp3) is 0.412. The van der Waals surface area contributed by atoms with E-state index in [0.717, 1.165) is 43.4 Å². The molecule has 2 aromatic rings. The summed E-state index contributed by atoms with van der Waals surface area (Å²) in [5.41, 5.74) is 2.29. The van der Waals surface area contributed by atoms with Gasteiger partial charge in [0.15, 0.2) is 0 Å². The van der Waals surface area contributed by atoms with Gasteiger partial charge in [0.05, 0.1) is 12.2 Å². The maximum atomic E-state index is 11.9. The van der Waals surface area contributed by atoms with Gasteiger partial charge < -0.3 is 10.2 Å². The number of piperazine rings is 1. The standard InChI is InChI=1S/C17H22N4OS.ClH/c1-18-11-16(22)21-9-7-20(8-10-21)12-15-13-23-17(19-15)14-5-3-2-4-6-14;/h2-6,13,18H,7-12H2,1H3;1H. The van der Waals surface area contributed by atoms with Gasteiger partial charge in [0, 0.05) is 43.7 Å². The molecule has 130 valence electrons. The van der Waals surface area contributed by atoms with Gasteiger partial charge in [-0.05, 0) is 7.05 Å². The van der Waals surface area contributed by atoms with Crippen LogP contribution in [0.15, 0.2) is 35.7 Å². The van der Waals surface area contributed by atoms with Crippen molar-refractivity contribution in [2.45, 2.75) is 6.54 Å². The van der Waals surface area contributed by atoms with Crippen LogP contribution in [0.4, 0.5) is 0 Å². The van der Waals surface area contributed by atoms with Crippen LogP contribution in [0.2, 0.25) is 0 Å². The van der Waals surface area contributed by atoms with Crippen LogP contribution in [0, 0.1) is 0 Å². The third kappa shape index (κ3) is 4.77. The summed E-state index contributed by atoms with van der Waals surface area (Å²) in [5.74, 6) is 0.187. The Kier molecular flexibility index (Phi) is 7.17. The predicted molar refractivity (Wildman–Crippen MR) is 101 cm³/mol. The molecule has 0 unspecified atom stereocenters. The molecule has 0 atom stereocenters.